The third-order valence-electron chi connectivity index (χ3n) is 3.33. The number of pyridine rings is 1. The van der Waals surface area contributed by atoms with Crippen molar-refractivity contribution in [1.29, 1.82) is 0 Å². The van der Waals surface area contributed by atoms with Crippen LogP contribution in [0.15, 0.2) is 36.8 Å². The van der Waals surface area contributed by atoms with Crippen molar-refractivity contribution in [2.45, 2.75) is 25.9 Å². The van der Waals surface area contributed by atoms with E-state index in [4.69, 9.17) is 4.74 Å². The molecule has 2 aromatic rings. The molecule has 0 saturated carbocycles. The molecular formula is C15H21N3O. The summed E-state index contributed by atoms with van der Waals surface area (Å²) in [4.78, 5) is 4.22. The van der Waals surface area contributed by atoms with Crippen molar-refractivity contribution in [3.05, 3.63) is 47.9 Å². The SMILES string of the molecule is CCC(NC)c1ccn(Cc2cccnc2OC)c1. The predicted molar refractivity (Wildman–Crippen MR) is 76.4 cm³/mol. The number of nitrogens with zero attached hydrogens (tertiary/aromatic N) is 2. The van der Waals surface area contributed by atoms with Gasteiger partial charge in [-0.1, -0.05) is 13.0 Å². The first-order valence-electron chi connectivity index (χ1n) is 6.59. The zero-order valence-corrected chi connectivity index (χ0v) is 11.8. The minimum Gasteiger partial charge on any atom is -0.481 e. The molecule has 0 radical (unpaired) electrons. The first-order chi connectivity index (χ1) is 9.28. The fourth-order valence-corrected chi connectivity index (χ4v) is 2.30. The Labute approximate surface area is 114 Å². The molecule has 0 aliphatic heterocycles. The molecule has 0 amide bonds. The summed E-state index contributed by atoms with van der Waals surface area (Å²) in [5, 5.41) is 3.32. The highest BCUT2D eigenvalue weighted by Crippen LogP contribution is 2.19. The number of methoxy groups -OCH3 is 1. The van der Waals surface area contributed by atoms with Gasteiger partial charge in [0.05, 0.1) is 13.7 Å². The van der Waals surface area contributed by atoms with Gasteiger partial charge in [0.1, 0.15) is 0 Å². The molecule has 102 valence electrons. The molecule has 2 rings (SSSR count). The third-order valence-corrected chi connectivity index (χ3v) is 3.33. The molecule has 1 N–H and O–H groups in total. The van der Waals surface area contributed by atoms with Gasteiger partial charge in [0.15, 0.2) is 0 Å². The highest BCUT2D eigenvalue weighted by atomic mass is 16.5. The molecule has 19 heavy (non-hydrogen) atoms. The first-order valence-corrected chi connectivity index (χ1v) is 6.59. The maximum Gasteiger partial charge on any atom is 0.218 e. The summed E-state index contributed by atoms with van der Waals surface area (Å²) in [6, 6.07) is 6.55. The lowest BCUT2D eigenvalue weighted by Gasteiger charge is -2.11. The van der Waals surface area contributed by atoms with Crippen LogP contribution in [0.4, 0.5) is 0 Å². The van der Waals surface area contributed by atoms with Gasteiger partial charge in [0, 0.05) is 30.2 Å². The van der Waals surface area contributed by atoms with Crippen molar-refractivity contribution < 1.29 is 4.74 Å². The highest BCUT2D eigenvalue weighted by molar-refractivity contribution is 5.26. The summed E-state index contributed by atoms with van der Waals surface area (Å²) >= 11 is 0. The second kappa shape index (κ2) is 6.38. The fourth-order valence-electron chi connectivity index (χ4n) is 2.30. The smallest absolute Gasteiger partial charge is 0.218 e. The Morgan fingerprint density at radius 3 is 2.95 bits per heavy atom. The van der Waals surface area contributed by atoms with Crippen LogP contribution in [0, 0.1) is 0 Å². The summed E-state index contributed by atoms with van der Waals surface area (Å²) < 4.78 is 7.44. The molecule has 0 bridgehead atoms. The van der Waals surface area contributed by atoms with Crippen LogP contribution in [0.2, 0.25) is 0 Å². The fraction of sp³-hybridized carbons (Fsp3) is 0.400. The van der Waals surface area contributed by atoms with Crippen molar-refractivity contribution in [3.8, 4) is 5.88 Å². The van der Waals surface area contributed by atoms with E-state index >= 15 is 0 Å². The Hall–Kier alpha value is -1.81. The monoisotopic (exact) mass is 259 g/mol. The van der Waals surface area contributed by atoms with Crippen LogP contribution in [0.3, 0.4) is 0 Å². The van der Waals surface area contributed by atoms with Crippen LogP contribution >= 0.6 is 0 Å². The topological polar surface area (TPSA) is 39.1 Å². The Morgan fingerprint density at radius 1 is 1.42 bits per heavy atom. The molecule has 4 heteroatoms. The van der Waals surface area contributed by atoms with Crippen LogP contribution in [-0.4, -0.2) is 23.7 Å². The van der Waals surface area contributed by atoms with Gasteiger partial charge in [-0.05, 0) is 31.2 Å². The van der Waals surface area contributed by atoms with E-state index in [1.54, 1.807) is 13.3 Å². The van der Waals surface area contributed by atoms with E-state index in [9.17, 15) is 0 Å². The van der Waals surface area contributed by atoms with Gasteiger partial charge in [-0.3, -0.25) is 0 Å². The Morgan fingerprint density at radius 2 is 2.26 bits per heavy atom. The van der Waals surface area contributed by atoms with Crippen LogP contribution in [0.25, 0.3) is 0 Å². The van der Waals surface area contributed by atoms with Crippen molar-refractivity contribution in [3.63, 3.8) is 0 Å². The average molecular weight is 259 g/mol. The van der Waals surface area contributed by atoms with Gasteiger partial charge in [0.25, 0.3) is 0 Å². The molecule has 1 atom stereocenters. The van der Waals surface area contributed by atoms with Crippen molar-refractivity contribution in [2.75, 3.05) is 14.2 Å². The van der Waals surface area contributed by atoms with Gasteiger partial charge in [-0.25, -0.2) is 4.98 Å². The summed E-state index contributed by atoms with van der Waals surface area (Å²) in [5.74, 6) is 0.693. The van der Waals surface area contributed by atoms with E-state index in [0.717, 1.165) is 18.5 Å². The molecule has 0 fully saturated rings. The van der Waals surface area contributed by atoms with Crippen molar-refractivity contribution in [2.24, 2.45) is 0 Å². The molecule has 0 aliphatic carbocycles. The van der Waals surface area contributed by atoms with Crippen molar-refractivity contribution in [1.82, 2.24) is 14.9 Å². The van der Waals surface area contributed by atoms with E-state index < -0.39 is 0 Å². The normalized spacial score (nSPS) is 12.4. The lowest BCUT2D eigenvalue weighted by molar-refractivity contribution is 0.391. The zero-order chi connectivity index (χ0) is 13.7. The van der Waals surface area contributed by atoms with E-state index in [-0.39, 0.29) is 0 Å². The highest BCUT2D eigenvalue weighted by Gasteiger charge is 2.09. The Kier molecular flexibility index (Phi) is 4.58. The lowest BCUT2D eigenvalue weighted by Crippen LogP contribution is -2.14. The standard InChI is InChI=1S/C15H21N3O/c1-4-14(16-2)12-7-9-18(10-12)11-13-6-5-8-17-15(13)19-3/h5-10,14,16H,4,11H2,1-3H3. The van der Waals surface area contributed by atoms with Crippen LogP contribution in [0.5, 0.6) is 5.88 Å². The number of hydrogen-bond acceptors (Lipinski definition) is 3. The van der Waals surface area contributed by atoms with E-state index in [1.165, 1.54) is 5.56 Å². The molecule has 0 spiro atoms. The molecule has 0 aromatic carbocycles. The van der Waals surface area contributed by atoms with Gasteiger partial charge in [-0.15, -0.1) is 0 Å². The summed E-state index contributed by atoms with van der Waals surface area (Å²) in [5.41, 5.74) is 2.40. The Bertz CT molecular complexity index is 518. The number of ether oxygens (including phenoxy) is 1. The maximum atomic E-state index is 5.28. The van der Waals surface area contributed by atoms with E-state index in [2.05, 4.69) is 40.3 Å². The minimum absolute atomic E-state index is 0.414. The van der Waals surface area contributed by atoms with Gasteiger partial charge in [0.2, 0.25) is 5.88 Å². The number of nitrogens with one attached hydrogen (secondary N) is 1. The largest absolute Gasteiger partial charge is 0.481 e. The van der Waals surface area contributed by atoms with Gasteiger partial charge in [-0.2, -0.15) is 0 Å². The second-order valence-electron chi connectivity index (χ2n) is 4.54. The van der Waals surface area contributed by atoms with E-state index in [1.807, 2.05) is 19.2 Å². The number of hydrogen-bond donors (Lipinski definition) is 1. The summed E-state index contributed by atoms with van der Waals surface area (Å²) in [6.07, 6.45) is 7.10. The first kappa shape index (κ1) is 13.6. The maximum absolute atomic E-state index is 5.28. The summed E-state index contributed by atoms with van der Waals surface area (Å²) in [6.45, 7) is 2.96. The van der Waals surface area contributed by atoms with Gasteiger partial charge < -0.3 is 14.6 Å². The quantitative estimate of drug-likeness (QED) is 0.866. The zero-order valence-electron chi connectivity index (χ0n) is 11.8. The van der Waals surface area contributed by atoms with Crippen LogP contribution in [0.1, 0.15) is 30.5 Å². The van der Waals surface area contributed by atoms with E-state index in [0.29, 0.717) is 11.9 Å². The molecule has 2 heterocycles. The molecule has 0 saturated heterocycles. The number of rotatable bonds is 6. The number of aromatic nitrogens is 2. The van der Waals surface area contributed by atoms with Gasteiger partial charge >= 0.3 is 0 Å². The lowest BCUT2D eigenvalue weighted by atomic mass is 10.1. The molecule has 4 nitrogen and oxygen atoms in total. The molecule has 2 aromatic heterocycles. The minimum atomic E-state index is 0.414. The van der Waals surface area contributed by atoms with Crippen LogP contribution in [-0.2, 0) is 6.54 Å². The average Bonchev–Trinajstić information content (AvgIpc) is 2.89. The second-order valence-corrected chi connectivity index (χ2v) is 4.54. The molecule has 0 aliphatic rings. The van der Waals surface area contributed by atoms with Crippen molar-refractivity contribution >= 4 is 0 Å². The Balaban J connectivity index is 2.15. The van der Waals surface area contributed by atoms with Crippen LogP contribution < -0.4 is 10.1 Å². The third kappa shape index (κ3) is 3.15. The molecular weight excluding hydrogens is 238 g/mol. The predicted octanol–water partition coefficient (Wildman–Crippen LogP) is 2.61. The summed E-state index contributed by atoms with van der Waals surface area (Å²) in [7, 11) is 3.65. The molecule has 1 unspecified atom stereocenters.